The summed E-state index contributed by atoms with van der Waals surface area (Å²) >= 11 is 1.80. The number of hydrogen-bond donors (Lipinski definition) is 1. The maximum absolute atomic E-state index is 12.5. The van der Waals surface area contributed by atoms with E-state index in [4.69, 9.17) is 4.74 Å². The number of methoxy groups -OCH3 is 1. The summed E-state index contributed by atoms with van der Waals surface area (Å²) in [5.74, 6) is 0.306. The molecule has 3 rings (SSSR count). The summed E-state index contributed by atoms with van der Waals surface area (Å²) in [6.45, 7) is 2.16. The van der Waals surface area contributed by atoms with Crippen LogP contribution in [-0.4, -0.2) is 19.1 Å². The quantitative estimate of drug-likeness (QED) is 0.914. The van der Waals surface area contributed by atoms with Crippen molar-refractivity contribution in [2.75, 3.05) is 12.4 Å². The Morgan fingerprint density at radius 2 is 2.05 bits per heavy atom. The van der Waals surface area contributed by atoms with E-state index in [1.165, 1.54) is 41.7 Å². The highest BCUT2D eigenvalue weighted by molar-refractivity contribution is 7.16. The molecule has 0 saturated heterocycles. The van der Waals surface area contributed by atoms with E-state index < -0.39 is 0 Å². The van der Waals surface area contributed by atoms with Crippen molar-refractivity contribution in [3.63, 3.8) is 0 Å². The van der Waals surface area contributed by atoms with E-state index in [1.807, 2.05) is 0 Å². The Morgan fingerprint density at radius 3 is 2.81 bits per heavy atom. The minimum Gasteiger partial charge on any atom is -0.381 e. The second kappa shape index (κ2) is 6.49. The number of anilines is 1. The zero-order chi connectivity index (χ0) is 14.8. The number of carbonyl (C=O) groups excluding carboxylic acids is 1. The van der Waals surface area contributed by atoms with Crippen LogP contribution in [-0.2, 0) is 22.4 Å². The van der Waals surface area contributed by atoms with Crippen molar-refractivity contribution < 1.29 is 9.53 Å². The lowest BCUT2D eigenvalue weighted by molar-refractivity contribution is -0.122. The van der Waals surface area contributed by atoms with Gasteiger partial charge in [0, 0.05) is 17.9 Å². The number of rotatable bonds is 3. The molecule has 3 nitrogen and oxygen atoms in total. The first-order valence-electron chi connectivity index (χ1n) is 8.14. The average molecular weight is 307 g/mol. The van der Waals surface area contributed by atoms with Crippen LogP contribution < -0.4 is 5.32 Å². The van der Waals surface area contributed by atoms with E-state index in [1.54, 1.807) is 18.4 Å². The zero-order valence-electron chi connectivity index (χ0n) is 13.0. The molecule has 1 fully saturated rings. The summed E-state index contributed by atoms with van der Waals surface area (Å²) in [5.41, 5.74) is 2.81. The van der Waals surface area contributed by atoms with E-state index in [0.29, 0.717) is 0 Å². The van der Waals surface area contributed by atoms with Gasteiger partial charge < -0.3 is 10.1 Å². The molecular weight excluding hydrogens is 282 g/mol. The van der Waals surface area contributed by atoms with Crippen molar-refractivity contribution in [1.29, 1.82) is 0 Å². The van der Waals surface area contributed by atoms with Gasteiger partial charge >= 0.3 is 0 Å². The molecule has 1 unspecified atom stereocenters. The summed E-state index contributed by atoms with van der Waals surface area (Å²) in [5, 5.41) is 4.30. The van der Waals surface area contributed by atoms with Crippen LogP contribution in [0.25, 0.3) is 0 Å². The molecule has 1 saturated carbocycles. The van der Waals surface area contributed by atoms with Crippen LogP contribution in [0.5, 0.6) is 0 Å². The Balaban J connectivity index is 1.68. The Kier molecular flexibility index (Phi) is 4.65. The fourth-order valence-corrected chi connectivity index (χ4v) is 4.95. The van der Waals surface area contributed by atoms with Crippen molar-refractivity contribution in [3.8, 4) is 0 Å². The SMILES string of the molecule is CO[C@H]1CCCC(C(=O)Nc2sc3c(c2C)CCCC3)C1. The molecule has 2 aliphatic rings. The number of thiophene rings is 1. The van der Waals surface area contributed by atoms with E-state index in [-0.39, 0.29) is 17.9 Å². The van der Waals surface area contributed by atoms with Gasteiger partial charge in [-0.25, -0.2) is 0 Å². The standard InChI is InChI=1S/C17H25NO2S/c1-11-14-8-3-4-9-15(14)21-17(11)18-16(19)12-6-5-7-13(10-12)20-2/h12-13H,3-10H2,1-2H3,(H,18,19)/t12?,13-/m0/s1. The molecule has 116 valence electrons. The van der Waals surface area contributed by atoms with Gasteiger partial charge in [-0.2, -0.15) is 0 Å². The number of hydrogen-bond acceptors (Lipinski definition) is 3. The lowest BCUT2D eigenvalue weighted by Gasteiger charge is -2.27. The number of aryl methyl sites for hydroxylation is 1. The molecule has 0 spiro atoms. The molecule has 2 aliphatic carbocycles. The molecule has 1 heterocycles. The fourth-order valence-electron chi connectivity index (χ4n) is 3.65. The van der Waals surface area contributed by atoms with E-state index in [0.717, 1.165) is 30.7 Å². The summed E-state index contributed by atoms with van der Waals surface area (Å²) in [4.78, 5) is 14.0. The molecule has 0 aromatic carbocycles. The van der Waals surface area contributed by atoms with Gasteiger partial charge in [0.15, 0.2) is 0 Å². The summed E-state index contributed by atoms with van der Waals surface area (Å²) in [7, 11) is 1.75. The number of ether oxygens (including phenoxy) is 1. The first-order valence-corrected chi connectivity index (χ1v) is 8.95. The first kappa shape index (κ1) is 15.0. The van der Waals surface area contributed by atoms with Gasteiger partial charge in [0.05, 0.1) is 11.1 Å². The van der Waals surface area contributed by atoms with Gasteiger partial charge in [0.25, 0.3) is 0 Å². The van der Waals surface area contributed by atoms with Crippen LogP contribution in [0.4, 0.5) is 5.00 Å². The van der Waals surface area contributed by atoms with Gasteiger partial charge in [0.1, 0.15) is 0 Å². The van der Waals surface area contributed by atoms with Crippen molar-refractivity contribution >= 4 is 22.2 Å². The Labute approximate surface area is 131 Å². The molecule has 21 heavy (non-hydrogen) atoms. The molecule has 2 atom stereocenters. The molecule has 1 N–H and O–H groups in total. The predicted molar refractivity (Wildman–Crippen MR) is 87.1 cm³/mol. The highest BCUT2D eigenvalue weighted by Crippen LogP contribution is 2.38. The van der Waals surface area contributed by atoms with Crippen molar-refractivity contribution in [3.05, 3.63) is 16.0 Å². The third kappa shape index (κ3) is 3.16. The Hall–Kier alpha value is -0.870. The highest BCUT2D eigenvalue weighted by atomic mass is 32.1. The van der Waals surface area contributed by atoms with Crippen LogP contribution in [0.3, 0.4) is 0 Å². The molecule has 0 radical (unpaired) electrons. The second-order valence-corrected chi connectivity index (χ2v) is 7.48. The molecular formula is C17H25NO2S. The molecule has 1 amide bonds. The maximum atomic E-state index is 12.5. The number of carbonyl (C=O) groups is 1. The number of nitrogens with one attached hydrogen (secondary N) is 1. The molecule has 4 heteroatoms. The molecule has 1 aromatic heterocycles. The largest absolute Gasteiger partial charge is 0.381 e. The van der Waals surface area contributed by atoms with E-state index in [2.05, 4.69) is 12.2 Å². The summed E-state index contributed by atoms with van der Waals surface area (Å²) in [6, 6.07) is 0. The fraction of sp³-hybridized carbons (Fsp3) is 0.706. The van der Waals surface area contributed by atoms with Crippen LogP contribution in [0.1, 0.15) is 54.5 Å². The molecule has 0 aliphatic heterocycles. The lowest BCUT2D eigenvalue weighted by Crippen LogP contribution is -2.30. The third-order valence-corrected chi connectivity index (χ3v) is 6.31. The van der Waals surface area contributed by atoms with Crippen molar-refractivity contribution in [2.45, 2.75) is 64.4 Å². The van der Waals surface area contributed by atoms with Crippen LogP contribution in [0.15, 0.2) is 0 Å². The minimum absolute atomic E-state index is 0.113. The average Bonchev–Trinajstić information content (AvgIpc) is 2.84. The highest BCUT2D eigenvalue weighted by Gasteiger charge is 2.28. The monoisotopic (exact) mass is 307 g/mol. The molecule has 0 bridgehead atoms. The normalized spacial score (nSPS) is 25.4. The minimum atomic E-state index is 0.113. The van der Waals surface area contributed by atoms with Crippen LogP contribution in [0.2, 0.25) is 0 Å². The van der Waals surface area contributed by atoms with Gasteiger partial charge in [0.2, 0.25) is 5.91 Å². The topological polar surface area (TPSA) is 38.3 Å². The van der Waals surface area contributed by atoms with Crippen LogP contribution >= 0.6 is 11.3 Å². The van der Waals surface area contributed by atoms with Gasteiger partial charge in [-0.3, -0.25) is 4.79 Å². The number of amides is 1. The Morgan fingerprint density at radius 1 is 1.24 bits per heavy atom. The van der Waals surface area contributed by atoms with Crippen LogP contribution in [0, 0.1) is 12.8 Å². The maximum Gasteiger partial charge on any atom is 0.228 e. The van der Waals surface area contributed by atoms with Crippen molar-refractivity contribution in [1.82, 2.24) is 0 Å². The Bertz CT molecular complexity index is 523. The molecule has 1 aromatic rings. The predicted octanol–water partition coefficient (Wildman–Crippen LogP) is 4.08. The van der Waals surface area contributed by atoms with E-state index >= 15 is 0 Å². The van der Waals surface area contributed by atoms with Gasteiger partial charge in [-0.1, -0.05) is 6.42 Å². The lowest BCUT2D eigenvalue weighted by atomic mass is 9.86. The number of fused-ring (bicyclic) bond motifs is 1. The van der Waals surface area contributed by atoms with Gasteiger partial charge in [-0.15, -0.1) is 11.3 Å². The zero-order valence-corrected chi connectivity index (χ0v) is 13.9. The third-order valence-electron chi connectivity index (χ3n) is 5.00. The smallest absolute Gasteiger partial charge is 0.228 e. The van der Waals surface area contributed by atoms with Crippen molar-refractivity contribution in [2.24, 2.45) is 5.92 Å². The van der Waals surface area contributed by atoms with E-state index in [9.17, 15) is 4.79 Å². The van der Waals surface area contributed by atoms with Gasteiger partial charge in [-0.05, 0) is 63.0 Å². The summed E-state index contributed by atoms with van der Waals surface area (Å²) in [6.07, 6.45) is 9.25. The summed E-state index contributed by atoms with van der Waals surface area (Å²) < 4.78 is 5.43. The first-order chi connectivity index (χ1) is 10.2. The second-order valence-electron chi connectivity index (χ2n) is 6.38.